The normalized spacial score (nSPS) is 28.9. The van der Waals surface area contributed by atoms with Crippen molar-refractivity contribution in [3.8, 4) is 0 Å². The molecule has 2 nitrogen and oxygen atoms in total. The highest BCUT2D eigenvalue weighted by molar-refractivity contribution is 5.72. The molecule has 1 saturated heterocycles. The van der Waals surface area contributed by atoms with Crippen LogP contribution in [0, 0.1) is 0 Å². The van der Waals surface area contributed by atoms with Crippen molar-refractivity contribution in [2.45, 2.75) is 37.7 Å². The van der Waals surface area contributed by atoms with Gasteiger partial charge in [0.1, 0.15) is 5.60 Å². The van der Waals surface area contributed by atoms with Crippen molar-refractivity contribution < 1.29 is 9.53 Å². The largest absolute Gasteiger partial charge is 0.459 e. The van der Waals surface area contributed by atoms with Crippen LogP contribution < -0.4 is 0 Å². The first-order chi connectivity index (χ1) is 7.27. The van der Waals surface area contributed by atoms with Gasteiger partial charge in [0.25, 0.3) is 0 Å². The Morgan fingerprint density at radius 3 is 2.53 bits per heavy atom. The summed E-state index contributed by atoms with van der Waals surface area (Å²) in [5.41, 5.74) is 2.62. The Morgan fingerprint density at radius 2 is 1.80 bits per heavy atom. The number of benzene rings is 1. The minimum absolute atomic E-state index is 0.0191. The molecule has 0 radical (unpaired) electrons. The van der Waals surface area contributed by atoms with E-state index in [1.54, 1.807) is 0 Å². The van der Waals surface area contributed by atoms with Crippen molar-refractivity contribution >= 4 is 5.97 Å². The molecule has 1 heterocycles. The van der Waals surface area contributed by atoms with Gasteiger partial charge in [0.05, 0.1) is 0 Å². The highest BCUT2D eigenvalue weighted by atomic mass is 16.6. The number of ether oxygens (including phenoxy) is 1. The minimum atomic E-state index is -0.161. The summed E-state index contributed by atoms with van der Waals surface area (Å²) in [5.74, 6) is -0.0191. The fourth-order valence-electron chi connectivity index (χ4n) is 2.75. The molecule has 0 amide bonds. The Bertz CT molecular complexity index is 411. The Balaban J connectivity index is 1.92. The third-order valence-corrected chi connectivity index (χ3v) is 3.60. The van der Waals surface area contributed by atoms with Crippen molar-refractivity contribution in [2.24, 2.45) is 0 Å². The van der Waals surface area contributed by atoms with E-state index in [-0.39, 0.29) is 11.6 Å². The van der Waals surface area contributed by atoms with E-state index in [0.717, 1.165) is 25.7 Å². The lowest BCUT2D eigenvalue weighted by Crippen LogP contribution is -2.35. The third-order valence-electron chi connectivity index (χ3n) is 3.60. The van der Waals surface area contributed by atoms with E-state index in [0.29, 0.717) is 6.42 Å². The molecular formula is C13H14O2. The van der Waals surface area contributed by atoms with Gasteiger partial charge in [0.15, 0.2) is 0 Å². The summed E-state index contributed by atoms with van der Waals surface area (Å²) in [5, 5.41) is 0. The predicted octanol–water partition coefficient (Wildman–Crippen LogP) is 2.25. The number of hydrogen-bond donors (Lipinski definition) is 0. The smallest absolute Gasteiger partial charge is 0.306 e. The molecule has 15 heavy (non-hydrogen) atoms. The zero-order valence-corrected chi connectivity index (χ0v) is 8.66. The summed E-state index contributed by atoms with van der Waals surface area (Å²) in [6, 6.07) is 8.48. The molecule has 3 rings (SSSR count). The van der Waals surface area contributed by atoms with Gasteiger partial charge in [-0.15, -0.1) is 0 Å². The van der Waals surface area contributed by atoms with Gasteiger partial charge in [-0.2, -0.15) is 0 Å². The van der Waals surface area contributed by atoms with Crippen LogP contribution in [0.15, 0.2) is 24.3 Å². The molecule has 0 N–H and O–H groups in total. The molecular weight excluding hydrogens is 188 g/mol. The lowest BCUT2D eigenvalue weighted by molar-refractivity contribution is -0.149. The van der Waals surface area contributed by atoms with Crippen molar-refractivity contribution in [1.29, 1.82) is 0 Å². The lowest BCUT2D eigenvalue weighted by Gasteiger charge is -2.33. The van der Waals surface area contributed by atoms with Gasteiger partial charge in [0.2, 0.25) is 0 Å². The summed E-state index contributed by atoms with van der Waals surface area (Å²) in [7, 11) is 0. The SMILES string of the molecule is O=C1CCC2(CCc3ccccc3C2)O1. The molecule has 78 valence electrons. The maximum Gasteiger partial charge on any atom is 0.306 e. The Hall–Kier alpha value is -1.31. The number of carbonyl (C=O) groups is 1. The Morgan fingerprint density at radius 1 is 1.07 bits per heavy atom. The standard InChI is InChI=1S/C13H14O2/c14-12-6-8-13(15-12)7-5-10-3-1-2-4-11(10)9-13/h1-4H,5-9H2. The fourth-order valence-corrected chi connectivity index (χ4v) is 2.75. The average molecular weight is 202 g/mol. The molecule has 1 aromatic rings. The summed E-state index contributed by atoms with van der Waals surface area (Å²) in [6.07, 6.45) is 4.45. The van der Waals surface area contributed by atoms with E-state index in [4.69, 9.17) is 4.74 Å². The van der Waals surface area contributed by atoms with E-state index in [1.807, 2.05) is 0 Å². The monoisotopic (exact) mass is 202 g/mol. The summed E-state index contributed by atoms with van der Waals surface area (Å²) in [6.45, 7) is 0. The van der Waals surface area contributed by atoms with E-state index in [1.165, 1.54) is 11.1 Å². The van der Waals surface area contributed by atoms with Crippen LogP contribution in [0.25, 0.3) is 0 Å². The quantitative estimate of drug-likeness (QED) is 0.603. The average Bonchev–Trinajstić information content (AvgIpc) is 2.60. The highest BCUT2D eigenvalue weighted by Gasteiger charge is 2.42. The number of rotatable bonds is 0. The van der Waals surface area contributed by atoms with Gasteiger partial charge >= 0.3 is 5.97 Å². The second kappa shape index (κ2) is 3.09. The Kier molecular flexibility index (Phi) is 1.84. The summed E-state index contributed by atoms with van der Waals surface area (Å²) in [4.78, 5) is 11.2. The highest BCUT2D eigenvalue weighted by Crippen LogP contribution is 2.38. The maximum atomic E-state index is 11.2. The molecule has 0 bridgehead atoms. The second-order valence-electron chi connectivity index (χ2n) is 4.60. The Labute approximate surface area is 89.2 Å². The van der Waals surface area contributed by atoms with Crippen LogP contribution >= 0.6 is 0 Å². The van der Waals surface area contributed by atoms with Crippen LogP contribution in [0.1, 0.15) is 30.4 Å². The summed E-state index contributed by atoms with van der Waals surface area (Å²) < 4.78 is 5.51. The topological polar surface area (TPSA) is 26.3 Å². The number of carbonyl (C=O) groups excluding carboxylic acids is 1. The fraction of sp³-hybridized carbons (Fsp3) is 0.462. The molecule has 1 atom stereocenters. The second-order valence-corrected chi connectivity index (χ2v) is 4.60. The maximum absolute atomic E-state index is 11.2. The van der Waals surface area contributed by atoms with Gasteiger partial charge in [-0.05, 0) is 30.4 Å². The van der Waals surface area contributed by atoms with Crippen LogP contribution in [0.3, 0.4) is 0 Å². The zero-order valence-electron chi connectivity index (χ0n) is 8.66. The van der Waals surface area contributed by atoms with Crippen molar-refractivity contribution in [3.05, 3.63) is 35.4 Å². The van der Waals surface area contributed by atoms with Crippen molar-refractivity contribution in [3.63, 3.8) is 0 Å². The molecule has 1 spiro atoms. The van der Waals surface area contributed by atoms with Crippen molar-refractivity contribution in [1.82, 2.24) is 0 Å². The van der Waals surface area contributed by atoms with E-state index >= 15 is 0 Å². The number of aryl methyl sites for hydroxylation is 1. The molecule has 1 unspecified atom stereocenters. The molecule has 2 heteroatoms. The predicted molar refractivity (Wildman–Crippen MR) is 56.5 cm³/mol. The van der Waals surface area contributed by atoms with Gasteiger partial charge in [-0.25, -0.2) is 0 Å². The summed E-state index contributed by atoms with van der Waals surface area (Å²) >= 11 is 0. The first-order valence-electron chi connectivity index (χ1n) is 5.56. The zero-order chi connectivity index (χ0) is 10.3. The third kappa shape index (κ3) is 1.44. The van der Waals surface area contributed by atoms with Crippen LogP contribution in [0.5, 0.6) is 0 Å². The molecule has 1 aliphatic heterocycles. The number of fused-ring (bicyclic) bond motifs is 1. The molecule has 0 aromatic heterocycles. The van der Waals surface area contributed by atoms with E-state index in [2.05, 4.69) is 24.3 Å². The lowest BCUT2D eigenvalue weighted by atomic mass is 9.79. The number of hydrogen-bond acceptors (Lipinski definition) is 2. The van der Waals surface area contributed by atoms with Crippen LogP contribution in [0.2, 0.25) is 0 Å². The van der Waals surface area contributed by atoms with Crippen LogP contribution in [-0.4, -0.2) is 11.6 Å². The first-order valence-corrected chi connectivity index (χ1v) is 5.56. The van der Waals surface area contributed by atoms with Gasteiger partial charge < -0.3 is 4.74 Å². The molecule has 1 aromatic carbocycles. The van der Waals surface area contributed by atoms with Crippen LogP contribution in [0.4, 0.5) is 0 Å². The van der Waals surface area contributed by atoms with Gasteiger partial charge in [-0.3, -0.25) is 4.79 Å². The van der Waals surface area contributed by atoms with Crippen LogP contribution in [-0.2, 0) is 22.4 Å². The van der Waals surface area contributed by atoms with Gasteiger partial charge in [-0.1, -0.05) is 24.3 Å². The molecule has 0 saturated carbocycles. The van der Waals surface area contributed by atoms with Crippen molar-refractivity contribution in [2.75, 3.05) is 0 Å². The molecule has 1 fully saturated rings. The van der Waals surface area contributed by atoms with E-state index in [9.17, 15) is 4.79 Å². The van der Waals surface area contributed by atoms with Gasteiger partial charge in [0, 0.05) is 12.8 Å². The molecule has 1 aliphatic carbocycles. The molecule has 2 aliphatic rings. The minimum Gasteiger partial charge on any atom is -0.459 e. The first kappa shape index (κ1) is 8.96. The number of esters is 1. The van der Waals surface area contributed by atoms with E-state index < -0.39 is 0 Å².